The Kier molecular flexibility index (Phi) is 4.10. The molecule has 2 aromatic heterocycles. The summed E-state index contributed by atoms with van der Waals surface area (Å²) in [7, 11) is 0. The molecule has 0 aliphatic heterocycles. The van der Waals surface area contributed by atoms with Gasteiger partial charge in [-0.25, -0.2) is 0 Å². The van der Waals surface area contributed by atoms with Crippen LogP contribution in [-0.2, 0) is 6.54 Å². The lowest BCUT2D eigenvalue weighted by Gasteiger charge is -2.06. The van der Waals surface area contributed by atoms with Crippen LogP contribution in [0.4, 0.5) is 5.69 Å². The van der Waals surface area contributed by atoms with Crippen LogP contribution in [0.3, 0.4) is 0 Å². The topological polar surface area (TPSA) is 64.2 Å². The lowest BCUT2D eigenvalue weighted by atomic mass is 10.2. The van der Waals surface area contributed by atoms with Crippen molar-refractivity contribution in [2.75, 3.05) is 5.32 Å². The van der Waals surface area contributed by atoms with Gasteiger partial charge in [-0.05, 0) is 36.8 Å². The molecule has 0 aliphatic rings. The average Bonchev–Trinajstić information content (AvgIpc) is 3.01. The van der Waals surface area contributed by atoms with Crippen molar-refractivity contribution in [3.05, 3.63) is 88.2 Å². The van der Waals surface area contributed by atoms with Crippen LogP contribution in [0.1, 0.15) is 21.9 Å². The Morgan fingerprint density at radius 3 is 2.65 bits per heavy atom. The van der Waals surface area contributed by atoms with Crippen molar-refractivity contribution in [3.8, 4) is 0 Å². The summed E-state index contributed by atoms with van der Waals surface area (Å²) >= 11 is 0. The Labute approximate surface area is 133 Å². The summed E-state index contributed by atoms with van der Waals surface area (Å²) < 4.78 is 7.06. The Morgan fingerprint density at radius 2 is 1.87 bits per heavy atom. The van der Waals surface area contributed by atoms with Gasteiger partial charge in [-0.2, -0.15) is 0 Å². The number of amides is 1. The first-order valence-corrected chi connectivity index (χ1v) is 7.24. The summed E-state index contributed by atoms with van der Waals surface area (Å²) in [5, 5.41) is 2.81. The zero-order chi connectivity index (χ0) is 16.2. The molecule has 5 nitrogen and oxygen atoms in total. The normalized spacial score (nSPS) is 10.5. The fourth-order valence-electron chi connectivity index (χ4n) is 2.24. The molecular weight excluding hydrogens is 292 g/mol. The number of hydrogen-bond donors (Lipinski definition) is 1. The van der Waals surface area contributed by atoms with E-state index in [1.54, 1.807) is 30.5 Å². The summed E-state index contributed by atoms with van der Waals surface area (Å²) in [4.78, 5) is 23.9. The lowest BCUT2D eigenvalue weighted by molar-refractivity contribution is 0.0994. The van der Waals surface area contributed by atoms with Crippen LogP contribution in [0.25, 0.3) is 0 Å². The van der Waals surface area contributed by atoms with E-state index < -0.39 is 0 Å². The molecule has 1 aromatic carbocycles. The standard InChI is InChI=1S/C18H16N2O3/c1-13-6-2-3-7-15(13)19-18(22)16-10-9-14(23-16)12-20-11-5-4-8-17(20)21/h2-11H,12H2,1H3,(H,19,22). The minimum absolute atomic E-state index is 0.116. The second-order valence-corrected chi connectivity index (χ2v) is 5.20. The first-order chi connectivity index (χ1) is 11.1. The van der Waals surface area contributed by atoms with Crippen molar-refractivity contribution in [2.45, 2.75) is 13.5 Å². The maximum atomic E-state index is 12.2. The third-order valence-electron chi connectivity index (χ3n) is 3.50. The number of nitrogens with one attached hydrogen (secondary N) is 1. The Hall–Kier alpha value is -3.08. The summed E-state index contributed by atoms with van der Waals surface area (Å²) in [5.74, 6) is 0.450. The maximum absolute atomic E-state index is 12.2. The number of benzene rings is 1. The largest absolute Gasteiger partial charge is 0.454 e. The molecule has 0 atom stereocenters. The predicted molar refractivity (Wildman–Crippen MR) is 87.6 cm³/mol. The number of pyridine rings is 1. The number of carbonyl (C=O) groups excluding carboxylic acids is 1. The van der Waals surface area contributed by atoms with Gasteiger partial charge in [0.1, 0.15) is 5.76 Å². The van der Waals surface area contributed by atoms with Crippen molar-refractivity contribution in [2.24, 2.45) is 0 Å². The van der Waals surface area contributed by atoms with E-state index in [0.717, 1.165) is 11.3 Å². The number of carbonyl (C=O) groups is 1. The molecule has 0 saturated heterocycles. The second kappa shape index (κ2) is 6.36. The van der Waals surface area contributed by atoms with E-state index in [1.807, 2.05) is 31.2 Å². The number of para-hydroxylation sites is 1. The summed E-state index contributed by atoms with van der Waals surface area (Å²) in [6.45, 7) is 2.21. The molecule has 0 aliphatic carbocycles. The van der Waals surface area contributed by atoms with Crippen molar-refractivity contribution >= 4 is 11.6 Å². The summed E-state index contributed by atoms with van der Waals surface area (Å²) in [5.41, 5.74) is 1.60. The maximum Gasteiger partial charge on any atom is 0.291 e. The van der Waals surface area contributed by atoms with Crippen molar-refractivity contribution in [1.82, 2.24) is 4.57 Å². The van der Waals surface area contributed by atoms with E-state index in [-0.39, 0.29) is 23.8 Å². The van der Waals surface area contributed by atoms with Crippen LogP contribution in [0.2, 0.25) is 0 Å². The molecule has 0 radical (unpaired) electrons. The SMILES string of the molecule is Cc1ccccc1NC(=O)c1ccc(Cn2ccccc2=O)o1. The van der Waals surface area contributed by atoms with Gasteiger partial charge < -0.3 is 14.3 Å². The van der Waals surface area contributed by atoms with E-state index >= 15 is 0 Å². The highest BCUT2D eigenvalue weighted by atomic mass is 16.4. The van der Waals surface area contributed by atoms with Gasteiger partial charge in [0.25, 0.3) is 11.5 Å². The Bertz CT molecular complexity index is 893. The number of nitrogens with zero attached hydrogens (tertiary/aromatic N) is 1. The van der Waals surface area contributed by atoms with Crippen LogP contribution >= 0.6 is 0 Å². The molecule has 0 fully saturated rings. The molecule has 3 rings (SSSR count). The number of hydrogen-bond acceptors (Lipinski definition) is 3. The predicted octanol–water partition coefficient (Wildman–Crippen LogP) is 3.05. The van der Waals surface area contributed by atoms with Gasteiger partial charge >= 0.3 is 0 Å². The van der Waals surface area contributed by atoms with E-state index in [0.29, 0.717) is 5.76 Å². The third kappa shape index (κ3) is 3.40. The monoisotopic (exact) mass is 308 g/mol. The Balaban J connectivity index is 1.74. The molecule has 0 bridgehead atoms. The molecule has 2 heterocycles. The van der Waals surface area contributed by atoms with Gasteiger partial charge in [0.15, 0.2) is 5.76 Å². The van der Waals surface area contributed by atoms with E-state index in [4.69, 9.17) is 4.42 Å². The second-order valence-electron chi connectivity index (χ2n) is 5.20. The van der Waals surface area contributed by atoms with Gasteiger partial charge in [-0.3, -0.25) is 9.59 Å². The van der Waals surface area contributed by atoms with Gasteiger partial charge in [0.2, 0.25) is 0 Å². The van der Waals surface area contributed by atoms with Crippen molar-refractivity contribution in [1.29, 1.82) is 0 Å². The van der Waals surface area contributed by atoms with Gasteiger partial charge in [0, 0.05) is 18.0 Å². The number of aryl methyl sites for hydroxylation is 1. The minimum Gasteiger partial charge on any atom is -0.454 e. The summed E-state index contributed by atoms with van der Waals surface area (Å²) in [6, 6.07) is 15.8. The molecule has 0 spiro atoms. The highest BCUT2D eigenvalue weighted by molar-refractivity contribution is 6.02. The molecule has 116 valence electrons. The fourth-order valence-corrected chi connectivity index (χ4v) is 2.24. The number of anilines is 1. The molecule has 5 heteroatoms. The van der Waals surface area contributed by atoms with Crippen LogP contribution in [0.5, 0.6) is 0 Å². The molecule has 1 amide bonds. The van der Waals surface area contributed by atoms with Crippen LogP contribution in [0.15, 0.2) is 70.0 Å². The minimum atomic E-state index is -0.314. The zero-order valence-electron chi connectivity index (χ0n) is 12.7. The smallest absolute Gasteiger partial charge is 0.291 e. The van der Waals surface area contributed by atoms with Crippen LogP contribution < -0.4 is 10.9 Å². The quantitative estimate of drug-likeness (QED) is 0.805. The van der Waals surface area contributed by atoms with Crippen molar-refractivity contribution < 1.29 is 9.21 Å². The molecular formula is C18H16N2O3. The van der Waals surface area contributed by atoms with E-state index in [9.17, 15) is 9.59 Å². The van der Waals surface area contributed by atoms with Gasteiger partial charge in [0.05, 0.1) is 6.54 Å². The van der Waals surface area contributed by atoms with Gasteiger partial charge in [-0.1, -0.05) is 24.3 Å². The molecule has 1 N–H and O–H groups in total. The third-order valence-corrected chi connectivity index (χ3v) is 3.50. The van der Waals surface area contributed by atoms with Gasteiger partial charge in [-0.15, -0.1) is 0 Å². The highest BCUT2D eigenvalue weighted by Crippen LogP contribution is 2.16. The number of rotatable bonds is 4. The first kappa shape index (κ1) is 14.8. The highest BCUT2D eigenvalue weighted by Gasteiger charge is 2.12. The Morgan fingerprint density at radius 1 is 1.09 bits per heavy atom. The molecule has 23 heavy (non-hydrogen) atoms. The van der Waals surface area contributed by atoms with E-state index in [1.165, 1.54) is 10.6 Å². The molecule has 3 aromatic rings. The number of furan rings is 1. The average molecular weight is 308 g/mol. The number of aromatic nitrogens is 1. The van der Waals surface area contributed by atoms with Crippen molar-refractivity contribution in [3.63, 3.8) is 0 Å². The fraction of sp³-hybridized carbons (Fsp3) is 0.111. The van der Waals surface area contributed by atoms with Crippen LogP contribution in [-0.4, -0.2) is 10.5 Å². The first-order valence-electron chi connectivity index (χ1n) is 7.24. The molecule has 0 unspecified atom stereocenters. The van der Waals surface area contributed by atoms with E-state index in [2.05, 4.69) is 5.32 Å². The molecule has 0 saturated carbocycles. The lowest BCUT2D eigenvalue weighted by Crippen LogP contribution is -2.18. The zero-order valence-corrected chi connectivity index (χ0v) is 12.7. The van der Waals surface area contributed by atoms with Crippen LogP contribution in [0, 0.1) is 6.92 Å². The summed E-state index contributed by atoms with van der Waals surface area (Å²) in [6.07, 6.45) is 1.68.